The maximum absolute atomic E-state index is 11.1. The van der Waals surface area contributed by atoms with E-state index in [0.29, 0.717) is 12.2 Å². The van der Waals surface area contributed by atoms with Crippen molar-refractivity contribution < 1.29 is 9.90 Å². The van der Waals surface area contributed by atoms with E-state index in [0.717, 1.165) is 13.0 Å². The number of aromatic carboxylic acids is 1. The highest BCUT2D eigenvalue weighted by Crippen LogP contribution is 2.24. The number of aryl methyl sites for hydroxylation is 1. The molecule has 2 rings (SSSR count). The van der Waals surface area contributed by atoms with Crippen LogP contribution in [0.5, 0.6) is 0 Å². The first-order chi connectivity index (χ1) is 9.18. The van der Waals surface area contributed by atoms with Crippen LogP contribution in [0, 0.1) is 0 Å². The quantitative estimate of drug-likeness (QED) is 0.798. The highest BCUT2D eigenvalue weighted by Gasteiger charge is 2.13. The zero-order valence-electron chi connectivity index (χ0n) is 10.2. The maximum Gasteiger partial charge on any atom is 0.339 e. The molecule has 0 unspecified atom stereocenters. The largest absolute Gasteiger partial charge is 0.478 e. The normalized spacial score (nSPS) is 10.4. The van der Waals surface area contributed by atoms with Crippen LogP contribution in [0.2, 0.25) is 5.02 Å². The summed E-state index contributed by atoms with van der Waals surface area (Å²) < 4.78 is 1.83. The number of hydrogen-bond donors (Lipinski definition) is 2. The lowest BCUT2D eigenvalue weighted by molar-refractivity contribution is 0.0698. The molecule has 6 heteroatoms. The van der Waals surface area contributed by atoms with E-state index in [9.17, 15) is 4.79 Å². The van der Waals surface area contributed by atoms with Gasteiger partial charge in [-0.1, -0.05) is 17.7 Å². The highest BCUT2D eigenvalue weighted by atomic mass is 35.5. The number of carboxylic acids is 1. The first-order valence-corrected chi connectivity index (χ1v) is 6.29. The highest BCUT2D eigenvalue weighted by molar-refractivity contribution is 6.34. The van der Waals surface area contributed by atoms with Crippen LogP contribution in [0.15, 0.2) is 36.7 Å². The van der Waals surface area contributed by atoms with Crippen molar-refractivity contribution in [1.29, 1.82) is 0 Å². The Hall–Kier alpha value is -2.01. The Morgan fingerprint density at radius 2 is 2.26 bits per heavy atom. The number of nitrogens with zero attached hydrogens (tertiary/aromatic N) is 2. The molecule has 2 N–H and O–H groups in total. The van der Waals surface area contributed by atoms with E-state index >= 15 is 0 Å². The SMILES string of the molecule is O=C(O)c1c(Cl)cccc1NCCCn1cccn1. The number of carboxylic acid groups (broad SMARTS) is 1. The second kappa shape index (κ2) is 6.24. The molecule has 0 fully saturated rings. The molecule has 0 aliphatic rings. The summed E-state index contributed by atoms with van der Waals surface area (Å²) in [4.78, 5) is 11.1. The van der Waals surface area contributed by atoms with Crippen molar-refractivity contribution in [1.82, 2.24) is 9.78 Å². The number of halogens is 1. The summed E-state index contributed by atoms with van der Waals surface area (Å²) in [6, 6.07) is 6.88. The van der Waals surface area contributed by atoms with Gasteiger partial charge in [-0.15, -0.1) is 0 Å². The van der Waals surface area contributed by atoms with E-state index in [2.05, 4.69) is 10.4 Å². The number of anilines is 1. The van der Waals surface area contributed by atoms with E-state index in [1.54, 1.807) is 24.4 Å². The third-order valence-corrected chi connectivity index (χ3v) is 2.98. The Morgan fingerprint density at radius 1 is 1.42 bits per heavy atom. The third kappa shape index (κ3) is 3.48. The van der Waals surface area contributed by atoms with E-state index in [-0.39, 0.29) is 10.6 Å². The van der Waals surface area contributed by atoms with Crippen molar-refractivity contribution in [3.05, 3.63) is 47.2 Å². The lowest BCUT2D eigenvalue weighted by atomic mass is 10.1. The van der Waals surface area contributed by atoms with Gasteiger partial charge in [-0.2, -0.15) is 5.10 Å². The molecule has 0 saturated heterocycles. The van der Waals surface area contributed by atoms with Crippen molar-refractivity contribution in [3.8, 4) is 0 Å². The topological polar surface area (TPSA) is 67.2 Å². The van der Waals surface area contributed by atoms with Gasteiger partial charge in [0.15, 0.2) is 0 Å². The molecule has 1 aromatic carbocycles. The van der Waals surface area contributed by atoms with Gasteiger partial charge in [0, 0.05) is 25.5 Å². The Bertz CT molecular complexity index is 555. The molecule has 100 valence electrons. The Morgan fingerprint density at radius 3 is 2.95 bits per heavy atom. The minimum atomic E-state index is -1.03. The Labute approximate surface area is 115 Å². The fourth-order valence-corrected chi connectivity index (χ4v) is 2.04. The van der Waals surface area contributed by atoms with Crippen molar-refractivity contribution in [2.75, 3.05) is 11.9 Å². The smallest absolute Gasteiger partial charge is 0.339 e. The average Bonchev–Trinajstić information content (AvgIpc) is 2.87. The molecule has 0 spiro atoms. The second-order valence-corrected chi connectivity index (χ2v) is 4.42. The number of carbonyl (C=O) groups is 1. The number of hydrogen-bond acceptors (Lipinski definition) is 3. The molecule has 19 heavy (non-hydrogen) atoms. The van der Waals surface area contributed by atoms with Crippen molar-refractivity contribution in [3.63, 3.8) is 0 Å². The summed E-state index contributed by atoms with van der Waals surface area (Å²) in [6.07, 6.45) is 4.46. The Balaban J connectivity index is 1.92. The molecule has 1 aromatic heterocycles. The molecule has 0 atom stereocenters. The second-order valence-electron chi connectivity index (χ2n) is 4.02. The van der Waals surface area contributed by atoms with Crippen LogP contribution < -0.4 is 5.32 Å². The first-order valence-electron chi connectivity index (χ1n) is 5.91. The van der Waals surface area contributed by atoms with Crippen LogP contribution in [-0.2, 0) is 6.54 Å². The fraction of sp³-hybridized carbons (Fsp3) is 0.231. The minimum Gasteiger partial charge on any atom is -0.478 e. The maximum atomic E-state index is 11.1. The Kier molecular flexibility index (Phi) is 4.41. The van der Waals surface area contributed by atoms with E-state index in [4.69, 9.17) is 16.7 Å². The van der Waals surface area contributed by atoms with Gasteiger partial charge in [0.25, 0.3) is 0 Å². The van der Waals surface area contributed by atoms with E-state index in [1.807, 2.05) is 16.9 Å². The van der Waals surface area contributed by atoms with Crippen molar-refractivity contribution in [2.24, 2.45) is 0 Å². The molecule has 0 bridgehead atoms. The fourth-order valence-electron chi connectivity index (χ4n) is 1.79. The lowest BCUT2D eigenvalue weighted by Crippen LogP contribution is -2.10. The molecule has 0 aliphatic carbocycles. The van der Waals surface area contributed by atoms with Gasteiger partial charge in [0.2, 0.25) is 0 Å². The summed E-state index contributed by atoms with van der Waals surface area (Å²) >= 11 is 5.88. The lowest BCUT2D eigenvalue weighted by Gasteiger charge is -2.10. The van der Waals surface area contributed by atoms with Crippen LogP contribution in [0.1, 0.15) is 16.8 Å². The first kappa shape index (κ1) is 13.4. The van der Waals surface area contributed by atoms with Gasteiger partial charge in [-0.25, -0.2) is 4.79 Å². The van der Waals surface area contributed by atoms with Crippen LogP contribution in [0.25, 0.3) is 0 Å². The van der Waals surface area contributed by atoms with Gasteiger partial charge in [-0.05, 0) is 24.6 Å². The summed E-state index contributed by atoms with van der Waals surface area (Å²) in [6.45, 7) is 1.43. The molecule has 0 saturated carbocycles. The van der Waals surface area contributed by atoms with Crippen LogP contribution in [0.4, 0.5) is 5.69 Å². The van der Waals surface area contributed by atoms with Crippen LogP contribution in [-0.4, -0.2) is 27.4 Å². The van der Waals surface area contributed by atoms with Gasteiger partial charge < -0.3 is 10.4 Å². The number of aromatic nitrogens is 2. The van der Waals surface area contributed by atoms with Crippen molar-refractivity contribution >= 4 is 23.3 Å². The molecule has 0 aliphatic heterocycles. The summed E-state index contributed by atoms with van der Waals surface area (Å²) in [5.74, 6) is -1.03. The summed E-state index contributed by atoms with van der Waals surface area (Å²) in [5, 5.41) is 16.5. The zero-order valence-corrected chi connectivity index (χ0v) is 11.0. The van der Waals surface area contributed by atoms with Crippen LogP contribution >= 0.6 is 11.6 Å². The predicted molar refractivity (Wildman–Crippen MR) is 73.7 cm³/mol. The minimum absolute atomic E-state index is 0.114. The third-order valence-electron chi connectivity index (χ3n) is 2.67. The monoisotopic (exact) mass is 279 g/mol. The molecule has 2 aromatic rings. The van der Waals surface area contributed by atoms with E-state index in [1.165, 1.54) is 0 Å². The number of nitrogens with one attached hydrogen (secondary N) is 1. The standard InChI is InChI=1S/C13H14ClN3O2/c14-10-4-1-5-11(12(10)13(18)19)15-6-2-8-17-9-3-7-16-17/h1,3-5,7,9,15H,2,6,8H2,(H,18,19). The molecular formula is C13H14ClN3O2. The number of rotatable bonds is 6. The molecule has 1 heterocycles. The van der Waals surface area contributed by atoms with Gasteiger partial charge in [0.05, 0.1) is 10.7 Å². The molecule has 0 radical (unpaired) electrons. The molecule has 0 amide bonds. The molecular weight excluding hydrogens is 266 g/mol. The van der Waals surface area contributed by atoms with Gasteiger partial charge >= 0.3 is 5.97 Å². The van der Waals surface area contributed by atoms with Crippen LogP contribution in [0.3, 0.4) is 0 Å². The van der Waals surface area contributed by atoms with Crippen molar-refractivity contribution in [2.45, 2.75) is 13.0 Å². The number of benzene rings is 1. The summed E-state index contributed by atoms with van der Waals surface area (Å²) in [7, 11) is 0. The molecule has 5 nitrogen and oxygen atoms in total. The van der Waals surface area contributed by atoms with E-state index < -0.39 is 5.97 Å². The summed E-state index contributed by atoms with van der Waals surface area (Å²) in [5.41, 5.74) is 0.656. The zero-order chi connectivity index (χ0) is 13.7. The predicted octanol–water partition coefficient (Wildman–Crippen LogP) is 2.74. The van der Waals surface area contributed by atoms with Gasteiger partial charge in [0.1, 0.15) is 5.56 Å². The van der Waals surface area contributed by atoms with Gasteiger partial charge in [-0.3, -0.25) is 4.68 Å². The average molecular weight is 280 g/mol.